The summed E-state index contributed by atoms with van der Waals surface area (Å²) in [7, 11) is 1.63. The Morgan fingerprint density at radius 2 is 2.11 bits per heavy atom. The zero-order chi connectivity index (χ0) is 13.3. The van der Waals surface area contributed by atoms with Crippen molar-refractivity contribution in [2.75, 3.05) is 12.8 Å². The van der Waals surface area contributed by atoms with E-state index in [9.17, 15) is 0 Å². The summed E-state index contributed by atoms with van der Waals surface area (Å²) in [4.78, 5) is 4.25. The fourth-order valence-corrected chi connectivity index (χ4v) is 2.30. The number of benzene rings is 1. The molecule has 5 heteroatoms. The van der Waals surface area contributed by atoms with E-state index in [1.807, 2.05) is 32.0 Å². The smallest absolute Gasteiger partial charge is 0.292 e. The van der Waals surface area contributed by atoms with Crippen LogP contribution in [0.3, 0.4) is 0 Å². The van der Waals surface area contributed by atoms with Gasteiger partial charge in [0.25, 0.3) is 6.01 Å². The second kappa shape index (κ2) is 5.02. The molecule has 18 heavy (non-hydrogen) atoms. The van der Waals surface area contributed by atoms with Gasteiger partial charge in [-0.25, -0.2) is 0 Å². The standard InChI is InChI=1S/C13H15BrN2O2/c1-7(2)12-11(16-13(15)18-12)8-4-5-10(17-3)9(14)6-8/h4-7H,1-3H3,(H2,15,16). The average Bonchev–Trinajstić information content (AvgIpc) is 2.71. The number of anilines is 1. The second-order valence-corrected chi connectivity index (χ2v) is 5.12. The lowest BCUT2D eigenvalue weighted by molar-refractivity contribution is 0.412. The molecule has 96 valence electrons. The van der Waals surface area contributed by atoms with Crippen LogP contribution in [0.2, 0.25) is 0 Å². The Kier molecular flexibility index (Phi) is 3.61. The third-order valence-electron chi connectivity index (χ3n) is 2.62. The predicted octanol–water partition coefficient (Wildman–Crippen LogP) is 3.82. The van der Waals surface area contributed by atoms with E-state index in [-0.39, 0.29) is 11.9 Å². The first-order valence-electron chi connectivity index (χ1n) is 5.63. The minimum Gasteiger partial charge on any atom is -0.496 e. The number of halogens is 1. The molecule has 2 rings (SSSR count). The molecule has 2 N–H and O–H groups in total. The fourth-order valence-electron chi connectivity index (χ4n) is 1.76. The van der Waals surface area contributed by atoms with Gasteiger partial charge in [0.05, 0.1) is 11.6 Å². The molecule has 0 saturated heterocycles. The van der Waals surface area contributed by atoms with Crippen molar-refractivity contribution in [2.24, 2.45) is 0 Å². The summed E-state index contributed by atoms with van der Waals surface area (Å²) in [6, 6.07) is 5.96. The van der Waals surface area contributed by atoms with Crippen LogP contribution >= 0.6 is 15.9 Å². The highest BCUT2D eigenvalue weighted by molar-refractivity contribution is 9.10. The Hall–Kier alpha value is -1.49. The number of oxazole rings is 1. The summed E-state index contributed by atoms with van der Waals surface area (Å²) in [6.07, 6.45) is 0. The largest absolute Gasteiger partial charge is 0.496 e. The molecule has 0 radical (unpaired) electrons. The first-order valence-corrected chi connectivity index (χ1v) is 6.42. The minimum atomic E-state index is 0.195. The topological polar surface area (TPSA) is 61.3 Å². The molecule has 1 aromatic heterocycles. The van der Waals surface area contributed by atoms with Crippen LogP contribution in [-0.2, 0) is 0 Å². The van der Waals surface area contributed by atoms with Crippen molar-refractivity contribution in [1.82, 2.24) is 4.98 Å². The predicted molar refractivity (Wildman–Crippen MR) is 74.7 cm³/mol. The van der Waals surface area contributed by atoms with Crippen molar-refractivity contribution >= 4 is 21.9 Å². The number of methoxy groups -OCH3 is 1. The monoisotopic (exact) mass is 310 g/mol. The molecule has 0 saturated carbocycles. The van der Waals surface area contributed by atoms with Crippen LogP contribution in [0.25, 0.3) is 11.3 Å². The number of nitrogen functional groups attached to an aromatic ring is 1. The van der Waals surface area contributed by atoms with E-state index in [4.69, 9.17) is 14.9 Å². The molecule has 0 bridgehead atoms. The third-order valence-corrected chi connectivity index (χ3v) is 3.24. The van der Waals surface area contributed by atoms with Crippen molar-refractivity contribution < 1.29 is 9.15 Å². The number of aromatic nitrogens is 1. The lowest BCUT2D eigenvalue weighted by atomic mass is 10.0. The van der Waals surface area contributed by atoms with Crippen molar-refractivity contribution in [3.8, 4) is 17.0 Å². The number of rotatable bonds is 3. The molecule has 1 aromatic carbocycles. The van der Waals surface area contributed by atoms with E-state index in [2.05, 4.69) is 20.9 Å². The molecule has 1 heterocycles. The Bertz CT molecular complexity index is 564. The number of nitrogens with zero attached hydrogens (tertiary/aromatic N) is 1. The molecule has 0 spiro atoms. The Labute approximate surface area is 114 Å². The first kappa shape index (κ1) is 13.0. The highest BCUT2D eigenvalue weighted by atomic mass is 79.9. The van der Waals surface area contributed by atoms with Crippen LogP contribution in [0.1, 0.15) is 25.5 Å². The van der Waals surface area contributed by atoms with Crippen LogP contribution < -0.4 is 10.5 Å². The van der Waals surface area contributed by atoms with E-state index < -0.39 is 0 Å². The summed E-state index contributed by atoms with van der Waals surface area (Å²) in [6.45, 7) is 4.09. The summed E-state index contributed by atoms with van der Waals surface area (Å²) in [5.41, 5.74) is 7.37. The maximum atomic E-state index is 5.63. The number of nitrogens with two attached hydrogens (primary N) is 1. The summed E-state index contributed by atoms with van der Waals surface area (Å²) in [5, 5.41) is 0. The second-order valence-electron chi connectivity index (χ2n) is 4.27. The van der Waals surface area contributed by atoms with Gasteiger partial charge in [-0.3, -0.25) is 0 Å². The lowest BCUT2D eigenvalue weighted by Gasteiger charge is -2.07. The lowest BCUT2D eigenvalue weighted by Crippen LogP contribution is -1.90. The zero-order valence-electron chi connectivity index (χ0n) is 10.5. The Balaban J connectivity index is 2.51. The van der Waals surface area contributed by atoms with Crippen molar-refractivity contribution in [3.05, 3.63) is 28.4 Å². The van der Waals surface area contributed by atoms with Crippen molar-refractivity contribution in [3.63, 3.8) is 0 Å². The average molecular weight is 311 g/mol. The van der Waals surface area contributed by atoms with Gasteiger partial charge in [-0.1, -0.05) is 13.8 Å². The van der Waals surface area contributed by atoms with E-state index in [0.717, 1.165) is 27.2 Å². The van der Waals surface area contributed by atoms with E-state index >= 15 is 0 Å². The molecule has 0 aliphatic heterocycles. The minimum absolute atomic E-state index is 0.195. The normalized spacial score (nSPS) is 10.9. The Morgan fingerprint density at radius 1 is 1.39 bits per heavy atom. The highest BCUT2D eigenvalue weighted by Crippen LogP contribution is 2.34. The van der Waals surface area contributed by atoms with Crippen LogP contribution in [0.15, 0.2) is 27.1 Å². The van der Waals surface area contributed by atoms with E-state index in [1.165, 1.54) is 0 Å². The van der Waals surface area contributed by atoms with Gasteiger partial charge in [0.1, 0.15) is 17.2 Å². The molecule has 0 aliphatic rings. The SMILES string of the molecule is COc1ccc(-c2nc(N)oc2C(C)C)cc1Br. The number of ether oxygens (including phenoxy) is 1. The van der Waals surface area contributed by atoms with Crippen LogP contribution in [0.4, 0.5) is 6.01 Å². The van der Waals surface area contributed by atoms with E-state index in [1.54, 1.807) is 7.11 Å². The quantitative estimate of drug-likeness (QED) is 0.936. The Morgan fingerprint density at radius 3 is 2.67 bits per heavy atom. The maximum Gasteiger partial charge on any atom is 0.292 e. The van der Waals surface area contributed by atoms with Gasteiger partial charge in [-0.05, 0) is 34.1 Å². The fraction of sp³-hybridized carbons (Fsp3) is 0.308. The summed E-state index contributed by atoms with van der Waals surface area (Å²) < 4.78 is 11.5. The third kappa shape index (κ3) is 2.36. The molecular weight excluding hydrogens is 296 g/mol. The molecule has 0 unspecified atom stereocenters. The van der Waals surface area contributed by atoms with Gasteiger partial charge >= 0.3 is 0 Å². The van der Waals surface area contributed by atoms with Crippen LogP contribution in [0, 0.1) is 0 Å². The first-order chi connectivity index (χ1) is 8.52. The molecule has 4 nitrogen and oxygen atoms in total. The van der Waals surface area contributed by atoms with E-state index in [0.29, 0.717) is 0 Å². The van der Waals surface area contributed by atoms with Gasteiger partial charge in [-0.15, -0.1) is 0 Å². The molecular formula is C13H15BrN2O2. The van der Waals surface area contributed by atoms with Gasteiger partial charge in [0, 0.05) is 11.5 Å². The summed E-state index contributed by atoms with van der Waals surface area (Å²) in [5.74, 6) is 1.80. The maximum absolute atomic E-state index is 5.63. The molecule has 0 amide bonds. The van der Waals surface area contributed by atoms with Gasteiger partial charge < -0.3 is 14.9 Å². The zero-order valence-corrected chi connectivity index (χ0v) is 12.1. The highest BCUT2D eigenvalue weighted by Gasteiger charge is 2.17. The van der Waals surface area contributed by atoms with Crippen LogP contribution in [0.5, 0.6) is 5.75 Å². The molecule has 0 atom stereocenters. The molecule has 0 aliphatic carbocycles. The molecule has 0 fully saturated rings. The summed E-state index contributed by atoms with van der Waals surface area (Å²) >= 11 is 3.46. The number of hydrogen-bond donors (Lipinski definition) is 1. The molecule has 2 aromatic rings. The van der Waals surface area contributed by atoms with Gasteiger partial charge in [0.15, 0.2) is 0 Å². The van der Waals surface area contributed by atoms with Crippen LogP contribution in [-0.4, -0.2) is 12.1 Å². The van der Waals surface area contributed by atoms with Gasteiger partial charge in [-0.2, -0.15) is 4.98 Å². The van der Waals surface area contributed by atoms with Crippen molar-refractivity contribution in [2.45, 2.75) is 19.8 Å². The number of hydrogen-bond acceptors (Lipinski definition) is 4. The van der Waals surface area contributed by atoms with Gasteiger partial charge in [0.2, 0.25) is 0 Å². The van der Waals surface area contributed by atoms with Crippen molar-refractivity contribution in [1.29, 1.82) is 0 Å².